The van der Waals surface area contributed by atoms with Gasteiger partial charge in [0.25, 0.3) is 0 Å². The molecule has 5 rings (SSSR count). The second-order valence-electron chi connectivity index (χ2n) is 9.06. The fourth-order valence-electron chi connectivity index (χ4n) is 4.27. The minimum Gasteiger partial charge on any atom is -0.383 e. The molecule has 1 saturated heterocycles. The van der Waals surface area contributed by atoms with Crippen LogP contribution >= 0.6 is 0 Å². The first kappa shape index (κ1) is 24.0. The molecule has 1 atom stereocenters. The van der Waals surface area contributed by atoms with Gasteiger partial charge in [-0.1, -0.05) is 12.1 Å². The first-order chi connectivity index (χ1) is 17.2. The predicted molar refractivity (Wildman–Crippen MR) is 124 cm³/mol. The number of anilines is 2. The number of amides is 2. The van der Waals surface area contributed by atoms with Crippen LogP contribution < -0.4 is 11.1 Å². The number of nitrogens with one attached hydrogen (secondary N) is 1. The monoisotopic (exact) mass is 502 g/mol. The van der Waals surface area contributed by atoms with Crippen molar-refractivity contribution >= 4 is 34.2 Å². The van der Waals surface area contributed by atoms with E-state index in [1.54, 1.807) is 10.9 Å². The molecule has 9 nitrogen and oxygen atoms in total. The van der Waals surface area contributed by atoms with Crippen LogP contribution in [-0.2, 0) is 27.0 Å². The van der Waals surface area contributed by atoms with Gasteiger partial charge in [0, 0.05) is 25.4 Å². The standard InChI is InChI=1S/C24H25F3N6O3/c25-24(26,27)15-6-4-14(5-7-15)12-32(16-8-9-16)23(35)22(34)30-18-11-29-21(28)17-13-33(31-20(17)18)19-3-1-2-10-36-19/h4-7,11,13,16,19H,1-3,8-10,12H2,(H2,28,29)(H,30,34). The number of nitrogens with zero attached hydrogens (tertiary/aromatic N) is 4. The number of alkyl halides is 3. The zero-order chi connectivity index (χ0) is 25.4. The summed E-state index contributed by atoms with van der Waals surface area (Å²) >= 11 is 0. The molecule has 3 heterocycles. The minimum absolute atomic E-state index is 0.0259. The van der Waals surface area contributed by atoms with Crippen LogP contribution in [0.15, 0.2) is 36.7 Å². The number of nitrogens with two attached hydrogens (primary N) is 1. The van der Waals surface area contributed by atoms with Gasteiger partial charge in [0.05, 0.1) is 22.8 Å². The molecule has 1 saturated carbocycles. The van der Waals surface area contributed by atoms with Gasteiger partial charge in [0.15, 0.2) is 0 Å². The Morgan fingerprint density at radius 1 is 1.17 bits per heavy atom. The van der Waals surface area contributed by atoms with Crippen LogP contribution in [0.3, 0.4) is 0 Å². The molecule has 3 N–H and O–H groups in total. The average Bonchev–Trinajstić information content (AvgIpc) is 3.60. The summed E-state index contributed by atoms with van der Waals surface area (Å²) in [6.45, 7) is 0.654. The lowest BCUT2D eigenvalue weighted by Crippen LogP contribution is -2.40. The van der Waals surface area contributed by atoms with Crippen molar-refractivity contribution in [1.82, 2.24) is 19.7 Å². The van der Waals surface area contributed by atoms with Crippen LogP contribution in [0.5, 0.6) is 0 Å². The van der Waals surface area contributed by atoms with Gasteiger partial charge in [-0.2, -0.15) is 18.3 Å². The van der Waals surface area contributed by atoms with E-state index in [0.29, 0.717) is 23.1 Å². The van der Waals surface area contributed by atoms with Gasteiger partial charge in [-0.05, 0) is 49.8 Å². The van der Waals surface area contributed by atoms with Gasteiger partial charge in [-0.25, -0.2) is 9.67 Å². The van der Waals surface area contributed by atoms with Crippen LogP contribution in [0, 0.1) is 0 Å². The molecule has 2 fully saturated rings. The Morgan fingerprint density at radius 2 is 1.92 bits per heavy atom. The summed E-state index contributed by atoms with van der Waals surface area (Å²) in [5.41, 5.74) is 6.36. The molecule has 2 aromatic heterocycles. The molecule has 3 aromatic rings. The lowest BCUT2D eigenvalue weighted by Gasteiger charge is -2.22. The van der Waals surface area contributed by atoms with Crippen molar-refractivity contribution in [3.8, 4) is 0 Å². The number of hydrogen-bond donors (Lipinski definition) is 2. The predicted octanol–water partition coefficient (Wildman–Crippen LogP) is 3.86. The maximum absolute atomic E-state index is 13.1. The highest BCUT2D eigenvalue weighted by molar-refractivity contribution is 6.40. The summed E-state index contributed by atoms with van der Waals surface area (Å²) in [5, 5.41) is 7.66. The van der Waals surface area contributed by atoms with Gasteiger partial charge in [-0.15, -0.1) is 0 Å². The van der Waals surface area contributed by atoms with E-state index in [-0.39, 0.29) is 30.3 Å². The number of aromatic nitrogens is 3. The van der Waals surface area contributed by atoms with Gasteiger partial charge < -0.3 is 20.7 Å². The van der Waals surface area contributed by atoms with Crippen LogP contribution in [0.25, 0.3) is 10.9 Å². The van der Waals surface area contributed by atoms with E-state index in [4.69, 9.17) is 10.5 Å². The number of carbonyl (C=O) groups is 2. The molecular weight excluding hydrogens is 477 g/mol. The maximum atomic E-state index is 13.1. The summed E-state index contributed by atoms with van der Waals surface area (Å²) in [6, 6.07) is 4.42. The molecule has 190 valence electrons. The van der Waals surface area contributed by atoms with Gasteiger partial charge in [-0.3, -0.25) is 9.59 Å². The van der Waals surface area contributed by atoms with Gasteiger partial charge >= 0.3 is 18.0 Å². The SMILES string of the molecule is Nc1ncc(NC(=O)C(=O)N(Cc2ccc(C(F)(F)F)cc2)C2CC2)c2nn(C3CCCCO3)cc12. The highest BCUT2D eigenvalue weighted by Gasteiger charge is 2.36. The van der Waals surface area contributed by atoms with E-state index in [2.05, 4.69) is 15.4 Å². The van der Waals surface area contributed by atoms with Crippen molar-refractivity contribution in [2.45, 2.75) is 57.1 Å². The summed E-state index contributed by atoms with van der Waals surface area (Å²) in [5.74, 6) is -1.43. The first-order valence-electron chi connectivity index (χ1n) is 11.7. The van der Waals surface area contributed by atoms with Crippen molar-refractivity contribution in [3.63, 3.8) is 0 Å². The Bertz CT molecular complexity index is 1280. The molecule has 1 aliphatic carbocycles. The molecule has 0 radical (unpaired) electrons. The summed E-state index contributed by atoms with van der Waals surface area (Å²) < 4.78 is 46.0. The number of fused-ring (bicyclic) bond motifs is 1. The molecule has 1 unspecified atom stereocenters. The third-order valence-corrected chi connectivity index (χ3v) is 6.37. The van der Waals surface area contributed by atoms with Gasteiger partial charge in [0.2, 0.25) is 0 Å². The average molecular weight is 502 g/mol. The quantitative estimate of drug-likeness (QED) is 0.512. The Labute approximate surface area is 204 Å². The second-order valence-corrected chi connectivity index (χ2v) is 9.06. The fourth-order valence-corrected chi connectivity index (χ4v) is 4.27. The van der Waals surface area contributed by atoms with E-state index in [9.17, 15) is 22.8 Å². The first-order valence-corrected chi connectivity index (χ1v) is 11.7. The number of pyridine rings is 1. The number of rotatable bonds is 5. The summed E-state index contributed by atoms with van der Waals surface area (Å²) in [6.07, 6.45) is 2.59. The van der Waals surface area contributed by atoms with Crippen molar-refractivity contribution in [3.05, 3.63) is 47.8 Å². The molecule has 0 bridgehead atoms. The normalized spacial score (nSPS) is 18.2. The lowest BCUT2D eigenvalue weighted by atomic mass is 10.1. The number of carbonyl (C=O) groups excluding carboxylic acids is 2. The molecule has 1 aliphatic heterocycles. The number of nitrogen functional groups attached to an aromatic ring is 1. The number of ether oxygens (including phenoxy) is 1. The summed E-state index contributed by atoms with van der Waals surface area (Å²) in [7, 11) is 0. The smallest absolute Gasteiger partial charge is 0.383 e. The van der Waals surface area contributed by atoms with E-state index in [1.807, 2.05) is 0 Å². The Morgan fingerprint density at radius 3 is 2.56 bits per heavy atom. The number of benzene rings is 1. The van der Waals surface area contributed by atoms with Crippen molar-refractivity contribution in [1.29, 1.82) is 0 Å². The second kappa shape index (κ2) is 9.41. The minimum atomic E-state index is -4.45. The van der Waals surface area contributed by atoms with Gasteiger partial charge in [0.1, 0.15) is 17.6 Å². The zero-order valence-corrected chi connectivity index (χ0v) is 19.3. The molecule has 2 amide bonds. The van der Waals surface area contributed by atoms with E-state index < -0.39 is 23.6 Å². The molecule has 12 heteroatoms. The lowest BCUT2D eigenvalue weighted by molar-refractivity contribution is -0.144. The highest BCUT2D eigenvalue weighted by atomic mass is 19.4. The zero-order valence-electron chi connectivity index (χ0n) is 19.3. The van der Waals surface area contributed by atoms with Crippen LogP contribution in [0.1, 0.15) is 49.5 Å². The van der Waals surface area contributed by atoms with Crippen LogP contribution in [0.2, 0.25) is 0 Å². The van der Waals surface area contributed by atoms with Crippen molar-refractivity contribution in [2.24, 2.45) is 0 Å². The highest BCUT2D eigenvalue weighted by Crippen LogP contribution is 2.32. The number of hydrogen-bond acceptors (Lipinski definition) is 6. The maximum Gasteiger partial charge on any atom is 0.416 e. The fraction of sp³-hybridized carbons (Fsp3) is 0.417. The van der Waals surface area contributed by atoms with Crippen molar-refractivity contribution < 1.29 is 27.5 Å². The Balaban J connectivity index is 1.33. The van der Waals surface area contributed by atoms with Crippen molar-refractivity contribution in [2.75, 3.05) is 17.7 Å². The Kier molecular flexibility index (Phi) is 6.29. The molecular formula is C24H25F3N6O3. The summed E-state index contributed by atoms with van der Waals surface area (Å²) in [4.78, 5) is 31.5. The molecule has 36 heavy (non-hydrogen) atoms. The third-order valence-electron chi connectivity index (χ3n) is 6.37. The van der Waals surface area contributed by atoms with Crippen LogP contribution in [-0.4, -0.2) is 44.1 Å². The largest absolute Gasteiger partial charge is 0.416 e. The number of halogens is 3. The van der Waals surface area contributed by atoms with E-state index >= 15 is 0 Å². The van der Waals surface area contributed by atoms with E-state index in [0.717, 1.165) is 44.2 Å². The molecule has 2 aliphatic rings. The van der Waals surface area contributed by atoms with Crippen LogP contribution in [0.4, 0.5) is 24.7 Å². The molecule has 1 aromatic carbocycles. The van der Waals surface area contributed by atoms with E-state index in [1.165, 1.54) is 23.2 Å². The molecule has 0 spiro atoms. The Hall–Kier alpha value is -3.67. The third kappa shape index (κ3) is 4.99. The topological polar surface area (TPSA) is 115 Å².